The lowest BCUT2D eigenvalue weighted by Crippen LogP contribution is -2.43. The number of carbonyl (C=O) groups excluding carboxylic acids is 1. The van der Waals surface area contributed by atoms with Gasteiger partial charge in [-0.2, -0.15) is 0 Å². The summed E-state index contributed by atoms with van der Waals surface area (Å²) in [6.45, 7) is 4.06. The lowest BCUT2D eigenvalue weighted by molar-refractivity contribution is -0.125. The van der Waals surface area contributed by atoms with Crippen LogP contribution in [0.5, 0.6) is 0 Å². The highest BCUT2D eigenvalue weighted by Crippen LogP contribution is 2.24. The Morgan fingerprint density at radius 1 is 1.20 bits per heavy atom. The van der Waals surface area contributed by atoms with Gasteiger partial charge in [-0.15, -0.1) is 0 Å². The fraction of sp³-hybridized carbons (Fsp3) is 0.292. The van der Waals surface area contributed by atoms with E-state index in [9.17, 15) is 9.18 Å². The van der Waals surface area contributed by atoms with Crippen molar-refractivity contribution < 1.29 is 9.18 Å². The van der Waals surface area contributed by atoms with E-state index in [-0.39, 0.29) is 17.6 Å². The van der Waals surface area contributed by atoms with Crippen molar-refractivity contribution in [3.05, 3.63) is 77.7 Å². The predicted octanol–water partition coefficient (Wildman–Crippen LogP) is 4.12. The van der Waals surface area contributed by atoms with Gasteiger partial charge in [0.1, 0.15) is 11.6 Å². The Bertz CT molecular complexity index is 1020. The number of piperidine rings is 1. The number of carbonyl (C=O) groups is 1. The van der Waals surface area contributed by atoms with Crippen molar-refractivity contribution in [3.8, 4) is 11.4 Å². The quantitative estimate of drug-likeness (QED) is 0.695. The lowest BCUT2D eigenvalue weighted by atomic mass is 9.97. The monoisotopic (exact) mass is 404 g/mol. The van der Waals surface area contributed by atoms with Gasteiger partial charge in [0.2, 0.25) is 5.91 Å². The molecule has 1 amide bonds. The van der Waals surface area contributed by atoms with Crippen LogP contribution in [0.25, 0.3) is 11.4 Å². The van der Waals surface area contributed by atoms with Gasteiger partial charge in [0, 0.05) is 31.4 Å². The van der Waals surface area contributed by atoms with Crippen molar-refractivity contribution in [1.29, 1.82) is 0 Å². The molecule has 1 saturated heterocycles. The molecule has 0 saturated carbocycles. The minimum Gasteiger partial charge on any atom is -0.356 e. The summed E-state index contributed by atoms with van der Waals surface area (Å²) in [5.74, 6) is 1.06. The Labute approximate surface area is 176 Å². The van der Waals surface area contributed by atoms with E-state index in [0.717, 1.165) is 36.3 Å². The van der Waals surface area contributed by atoms with Crippen LogP contribution in [-0.4, -0.2) is 29.0 Å². The molecule has 1 aromatic heterocycles. The summed E-state index contributed by atoms with van der Waals surface area (Å²) in [5, 5.41) is 3.08. The first kappa shape index (κ1) is 20.0. The second kappa shape index (κ2) is 9.03. The van der Waals surface area contributed by atoms with Crippen molar-refractivity contribution in [1.82, 2.24) is 15.3 Å². The molecular formula is C24H25FN4O. The normalized spacial score (nSPS) is 16.3. The van der Waals surface area contributed by atoms with Crippen LogP contribution < -0.4 is 10.2 Å². The van der Waals surface area contributed by atoms with Crippen LogP contribution in [-0.2, 0) is 11.3 Å². The number of rotatable bonds is 5. The summed E-state index contributed by atoms with van der Waals surface area (Å²) >= 11 is 0. The molecule has 2 aromatic carbocycles. The molecule has 0 radical (unpaired) electrons. The average molecular weight is 404 g/mol. The number of amides is 1. The second-order valence-corrected chi connectivity index (χ2v) is 7.74. The minimum absolute atomic E-state index is 0.0761. The third-order valence-corrected chi connectivity index (χ3v) is 5.41. The van der Waals surface area contributed by atoms with Crippen LogP contribution >= 0.6 is 0 Å². The number of aryl methyl sites for hydroxylation is 1. The molecule has 30 heavy (non-hydrogen) atoms. The molecule has 3 aromatic rings. The van der Waals surface area contributed by atoms with E-state index in [4.69, 9.17) is 0 Å². The summed E-state index contributed by atoms with van der Waals surface area (Å²) in [4.78, 5) is 23.9. The number of hydrogen-bond acceptors (Lipinski definition) is 4. The van der Waals surface area contributed by atoms with Crippen molar-refractivity contribution in [3.63, 3.8) is 0 Å². The highest BCUT2D eigenvalue weighted by Gasteiger charge is 2.26. The summed E-state index contributed by atoms with van der Waals surface area (Å²) < 4.78 is 13.2. The summed E-state index contributed by atoms with van der Waals surface area (Å²) in [5.41, 5.74) is 3.06. The van der Waals surface area contributed by atoms with Gasteiger partial charge in [0.25, 0.3) is 0 Å². The van der Waals surface area contributed by atoms with Crippen LogP contribution in [0.15, 0.2) is 60.8 Å². The van der Waals surface area contributed by atoms with Crippen molar-refractivity contribution in [2.24, 2.45) is 5.92 Å². The fourth-order valence-electron chi connectivity index (χ4n) is 3.82. The highest BCUT2D eigenvalue weighted by molar-refractivity contribution is 5.79. The van der Waals surface area contributed by atoms with Crippen LogP contribution in [0.3, 0.4) is 0 Å². The Hall–Kier alpha value is -3.28. The third kappa shape index (κ3) is 4.82. The summed E-state index contributed by atoms with van der Waals surface area (Å²) in [6, 6.07) is 16.2. The molecule has 0 spiro atoms. The Morgan fingerprint density at radius 3 is 2.83 bits per heavy atom. The molecule has 5 nitrogen and oxygen atoms in total. The zero-order valence-corrected chi connectivity index (χ0v) is 17.0. The van der Waals surface area contributed by atoms with E-state index in [1.807, 2.05) is 31.2 Å². The van der Waals surface area contributed by atoms with E-state index in [0.29, 0.717) is 18.9 Å². The van der Waals surface area contributed by atoms with Crippen molar-refractivity contribution >= 4 is 11.7 Å². The summed E-state index contributed by atoms with van der Waals surface area (Å²) in [6.07, 6.45) is 3.51. The van der Waals surface area contributed by atoms with Gasteiger partial charge in [-0.3, -0.25) is 4.79 Å². The molecule has 1 N–H and O–H groups in total. The van der Waals surface area contributed by atoms with Gasteiger partial charge in [-0.05, 0) is 55.7 Å². The summed E-state index contributed by atoms with van der Waals surface area (Å²) in [7, 11) is 0. The Kier molecular flexibility index (Phi) is 6.02. The zero-order chi connectivity index (χ0) is 20.9. The Balaban J connectivity index is 1.41. The van der Waals surface area contributed by atoms with Crippen LogP contribution in [0, 0.1) is 18.7 Å². The van der Waals surface area contributed by atoms with Gasteiger partial charge in [-0.1, -0.05) is 29.8 Å². The molecule has 1 aliphatic rings. The second-order valence-electron chi connectivity index (χ2n) is 7.74. The molecule has 4 rings (SSSR count). The molecule has 1 unspecified atom stereocenters. The van der Waals surface area contributed by atoms with E-state index >= 15 is 0 Å². The SMILES string of the molecule is Cc1cccc(CNC(=O)C2CCCN(c3ccnc(-c4ccc(F)cc4)n3)C2)c1. The first-order valence-corrected chi connectivity index (χ1v) is 10.3. The first-order valence-electron chi connectivity index (χ1n) is 10.3. The number of halogens is 1. The molecule has 1 fully saturated rings. The smallest absolute Gasteiger partial charge is 0.225 e. The Morgan fingerprint density at radius 2 is 2.03 bits per heavy atom. The van der Waals surface area contributed by atoms with Gasteiger partial charge >= 0.3 is 0 Å². The molecule has 0 aliphatic carbocycles. The van der Waals surface area contributed by atoms with Gasteiger partial charge in [0.05, 0.1) is 5.92 Å². The zero-order valence-electron chi connectivity index (χ0n) is 17.0. The first-order chi connectivity index (χ1) is 14.6. The number of hydrogen-bond donors (Lipinski definition) is 1. The maximum absolute atomic E-state index is 13.2. The van der Waals surface area contributed by atoms with Crippen LogP contribution in [0.2, 0.25) is 0 Å². The molecule has 1 atom stereocenters. The lowest BCUT2D eigenvalue weighted by Gasteiger charge is -2.33. The van der Waals surface area contributed by atoms with Gasteiger partial charge < -0.3 is 10.2 Å². The number of benzene rings is 2. The maximum Gasteiger partial charge on any atom is 0.225 e. The molecule has 0 bridgehead atoms. The topological polar surface area (TPSA) is 58.1 Å². The van der Waals surface area contributed by atoms with E-state index < -0.39 is 0 Å². The third-order valence-electron chi connectivity index (χ3n) is 5.41. The van der Waals surface area contributed by atoms with E-state index in [1.54, 1.807) is 18.3 Å². The van der Waals surface area contributed by atoms with Gasteiger partial charge in [0.15, 0.2) is 5.82 Å². The molecular weight excluding hydrogens is 379 g/mol. The average Bonchev–Trinajstić information content (AvgIpc) is 2.78. The molecule has 154 valence electrons. The number of aromatic nitrogens is 2. The molecule has 1 aliphatic heterocycles. The van der Waals surface area contributed by atoms with Crippen molar-refractivity contribution in [2.45, 2.75) is 26.3 Å². The fourth-order valence-corrected chi connectivity index (χ4v) is 3.82. The van der Waals surface area contributed by atoms with Crippen LogP contribution in [0.1, 0.15) is 24.0 Å². The highest BCUT2D eigenvalue weighted by atomic mass is 19.1. The predicted molar refractivity (Wildman–Crippen MR) is 115 cm³/mol. The number of nitrogens with zero attached hydrogens (tertiary/aromatic N) is 3. The maximum atomic E-state index is 13.2. The molecule has 6 heteroatoms. The minimum atomic E-state index is -0.287. The number of nitrogens with one attached hydrogen (secondary N) is 1. The van der Waals surface area contributed by atoms with E-state index in [1.165, 1.54) is 17.7 Å². The van der Waals surface area contributed by atoms with E-state index in [2.05, 4.69) is 26.3 Å². The standard InChI is InChI=1S/C24H25FN4O/c1-17-4-2-5-18(14-17)15-27-24(30)20-6-3-13-29(16-20)22-11-12-26-23(28-22)19-7-9-21(25)10-8-19/h2,4-5,7-12,14,20H,3,6,13,15-16H2,1H3,(H,27,30). The van der Waals surface area contributed by atoms with Crippen molar-refractivity contribution in [2.75, 3.05) is 18.0 Å². The largest absolute Gasteiger partial charge is 0.356 e. The molecule has 2 heterocycles. The van der Waals surface area contributed by atoms with Gasteiger partial charge in [-0.25, -0.2) is 14.4 Å². The number of anilines is 1. The van der Waals surface area contributed by atoms with Crippen LogP contribution in [0.4, 0.5) is 10.2 Å².